The topological polar surface area (TPSA) is 57.5 Å². The summed E-state index contributed by atoms with van der Waals surface area (Å²) < 4.78 is 13.5. The molecule has 0 amide bonds. The zero-order valence-corrected chi connectivity index (χ0v) is 11.5. The Labute approximate surface area is 111 Å². The van der Waals surface area contributed by atoms with E-state index in [0.29, 0.717) is 4.47 Å². The van der Waals surface area contributed by atoms with Crippen molar-refractivity contribution in [1.82, 2.24) is 0 Å². The molecular weight excluding hydrogens is 311 g/mol. The molecule has 1 aromatic rings. The Kier molecular flexibility index (Phi) is 5.58. The zero-order chi connectivity index (χ0) is 13.0. The molecule has 0 heterocycles. The minimum atomic E-state index is -1.20. The van der Waals surface area contributed by atoms with Crippen molar-refractivity contribution in [2.75, 3.05) is 5.75 Å². The number of rotatable bonds is 4. The second kappa shape index (κ2) is 6.49. The van der Waals surface area contributed by atoms with Crippen LogP contribution < -0.4 is 0 Å². The number of hydrogen-bond acceptors (Lipinski definition) is 4. The first-order chi connectivity index (χ1) is 7.91. The van der Waals surface area contributed by atoms with Crippen molar-refractivity contribution in [3.05, 3.63) is 34.1 Å². The molecule has 0 radical (unpaired) electrons. The predicted molar refractivity (Wildman–Crippen MR) is 68.2 cm³/mol. The van der Waals surface area contributed by atoms with E-state index in [4.69, 9.17) is 0 Å². The Morgan fingerprint density at radius 2 is 2.18 bits per heavy atom. The van der Waals surface area contributed by atoms with Crippen molar-refractivity contribution >= 4 is 32.8 Å². The highest BCUT2D eigenvalue weighted by Crippen LogP contribution is 2.24. The van der Waals surface area contributed by atoms with Gasteiger partial charge in [0.15, 0.2) is 5.12 Å². The van der Waals surface area contributed by atoms with Gasteiger partial charge in [0.25, 0.3) is 0 Å². The van der Waals surface area contributed by atoms with Gasteiger partial charge in [0.1, 0.15) is 11.9 Å². The van der Waals surface area contributed by atoms with Crippen molar-refractivity contribution in [2.45, 2.75) is 19.1 Å². The molecule has 0 bridgehead atoms. The standard InChI is InChI=1S/C11H12BrFO3S/c1-6(14)17-5-10(15)11(16)7-2-3-8(12)9(13)4-7/h2-4,10-11,15-16H,5H2,1H3. The molecule has 0 aliphatic heterocycles. The van der Waals surface area contributed by atoms with E-state index in [0.717, 1.165) is 17.8 Å². The summed E-state index contributed by atoms with van der Waals surface area (Å²) in [6.45, 7) is 1.38. The van der Waals surface area contributed by atoms with Gasteiger partial charge in [-0.25, -0.2) is 4.39 Å². The molecule has 0 saturated heterocycles. The largest absolute Gasteiger partial charge is 0.389 e. The molecule has 2 atom stereocenters. The van der Waals surface area contributed by atoms with Crippen LogP contribution in [0.15, 0.2) is 22.7 Å². The molecule has 17 heavy (non-hydrogen) atoms. The van der Waals surface area contributed by atoms with Crippen LogP contribution >= 0.6 is 27.7 Å². The van der Waals surface area contributed by atoms with E-state index in [2.05, 4.69) is 15.9 Å². The monoisotopic (exact) mass is 322 g/mol. The van der Waals surface area contributed by atoms with E-state index in [9.17, 15) is 19.4 Å². The van der Waals surface area contributed by atoms with Crippen LogP contribution in [0.1, 0.15) is 18.6 Å². The van der Waals surface area contributed by atoms with E-state index >= 15 is 0 Å². The maximum atomic E-state index is 13.2. The van der Waals surface area contributed by atoms with Gasteiger partial charge in [0.05, 0.1) is 10.6 Å². The third-order valence-corrected chi connectivity index (χ3v) is 3.66. The maximum Gasteiger partial charge on any atom is 0.185 e. The first-order valence-corrected chi connectivity index (χ1v) is 6.64. The summed E-state index contributed by atoms with van der Waals surface area (Å²) in [4.78, 5) is 10.7. The molecule has 0 aromatic heterocycles. The molecule has 2 unspecified atom stereocenters. The van der Waals surface area contributed by atoms with Gasteiger partial charge in [-0.2, -0.15) is 0 Å². The number of carbonyl (C=O) groups excluding carboxylic acids is 1. The van der Waals surface area contributed by atoms with Crippen LogP contribution in [0.5, 0.6) is 0 Å². The molecular formula is C11H12BrFO3S. The molecule has 0 aliphatic carbocycles. The van der Waals surface area contributed by atoms with Gasteiger partial charge in [-0.1, -0.05) is 17.8 Å². The van der Waals surface area contributed by atoms with Crippen molar-refractivity contribution in [2.24, 2.45) is 0 Å². The molecule has 1 rings (SSSR count). The highest BCUT2D eigenvalue weighted by Gasteiger charge is 2.20. The van der Waals surface area contributed by atoms with E-state index in [1.807, 2.05) is 0 Å². The van der Waals surface area contributed by atoms with Crippen LogP contribution in [-0.2, 0) is 4.79 Å². The van der Waals surface area contributed by atoms with Gasteiger partial charge in [-0.05, 0) is 33.6 Å². The summed E-state index contributed by atoms with van der Waals surface area (Å²) in [7, 11) is 0. The summed E-state index contributed by atoms with van der Waals surface area (Å²) in [5.41, 5.74) is 0.280. The lowest BCUT2D eigenvalue weighted by Crippen LogP contribution is -2.21. The third kappa shape index (κ3) is 4.39. The first-order valence-electron chi connectivity index (χ1n) is 4.86. The fourth-order valence-electron chi connectivity index (χ4n) is 1.21. The number of aliphatic hydroxyl groups is 2. The second-order valence-electron chi connectivity index (χ2n) is 3.49. The van der Waals surface area contributed by atoms with Crippen molar-refractivity contribution < 1.29 is 19.4 Å². The van der Waals surface area contributed by atoms with Gasteiger partial charge in [-0.3, -0.25) is 4.79 Å². The van der Waals surface area contributed by atoms with Crippen LogP contribution in [0.4, 0.5) is 4.39 Å². The maximum absolute atomic E-state index is 13.2. The third-order valence-electron chi connectivity index (χ3n) is 2.11. The van der Waals surface area contributed by atoms with Crippen LogP contribution in [0.3, 0.4) is 0 Å². The van der Waals surface area contributed by atoms with Crippen LogP contribution in [0.2, 0.25) is 0 Å². The Bertz CT molecular complexity index is 414. The molecule has 0 fully saturated rings. The van der Waals surface area contributed by atoms with E-state index in [-0.39, 0.29) is 16.4 Å². The minimum Gasteiger partial charge on any atom is -0.389 e. The highest BCUT2D eigenvalue weighted by atomic mass is 79.9. The van der Waals surface area contributed by atoms with E-state index in [1.54, 1.807) is 0 Å². The average molecular weight is 323 g/mol. The quantitative estimate of drug-likeness (QED) is 0.892. The number of carbonyl (C=O) groups is 1. The van der Waals surface area contributed by atoms with Crippen LogP contribution in [0.25, 0.3) is 0 Å². The van der Waals surface area contributed by atoms with Gasteiger partial charge in [0.2, 0.25) is 0 Å². The predicted octanol–water partition coefficient (Wildman–Crippen LogP) is 2.26. The Balaban J connectivity index is 2.70. The normalized spacial score (nSPS) is 14.4. The average Bonchev–Trinajstić information content (AvgIpc) is 2.28. The Hall–Kier alpha value is -0.430. The van der Waals surface area contributed by atoms with Gasteiger partial charge in [-0.15, -0.1) is 0 Å². The summed E-state index contributed by atoms with van der Waals surface area (Å²) in [5, 5.41) is 19.2. The van der Waals surface area contributed by atoms with Crippen molar-refractivity contribution in [3.63, 3.8) is 0 Å². The minimum absolute atomic E-state index is 0.0776. The Morgan fingerprint density at radius 3 is 2.71 bits per heavy atom. The van der Waals surface area contributed by atoms with Crippen LogP contribution in [-0.4, -0.2) is 27.2 Å². The molecule has 2 N–H and O–H groups in total. The smallest absolute Gasteiger partial charge is 0.185 e. The molecule has 0 saturated carbocycles. The lowest BCUT2D eigenvalue weighted by molar-refractivity contribution is -0.109. The SMILES string of the molecule is CC(=O)SCC(O)C(O)c1ccc(Br)c(F)c1. The molecule has 0 spiro atoms. The van der Waals surface area contributed by atoms with Gasteiger partial charge < -0.3 is 10.2 Å². The van der Waals surface area contributed by atoms with Gasteiger partial charge >= 0.3 is 0 Å². The fourth-order valence-corrected chi connectivity index (χ4v) is 2.05. The lowest BCUT2D eigenvalue weighted by Gasteiger charge is -2.17. The summed E-state index contributed by atoms with van der Waals surface area (Å²) in [6, 6.07) is 4.12. The number of aliphatic hydroxyl groups excluding tert-OH is 2. The van der Waals surface area contributed by atoms with Crippen molar-refractivity contribution in [1.29, 1.82) is 0 Å². The number of halogens is 2. The van der Waals surface area contributed by atoms with Crippen molar-refractivity contribution in [3.8, 4) is 0 Å². The highest BCUT2D eigenvalue weighted by molar-refractivity contribution is 9.10. The summed E-state index contributed by atoms with van der Waals surface area (Å²) >= 11 is 3.92. The number of hydrogen-bond donors (Lipinski definition) is 2. The van der Waals surface area contributed by atoms with Crippen LogP contribution in [0, 0.1) is 5.82 Å². The molecule has 94 valence electrons. The van der Waals surface area contributed by atoms with E-state index < -0.39 is 18.0 Å². The fraction of sp³-hybridized carbons (Fsp3) is 0.364. The van der Waals surface area contributed by atoms with Gasteiger partial charge in [0, 0.05) is 12.7 Å². The molecule has 6 heteroatoms. The molecule has 0 aliphatic rings. The molecule has 3 nitrogen and oxygen atoms in total. The van der Waals surface area contributed by atoms with E-state index in [1.165, 1.54) is 19.1 Å². The first kappa shape index (κ1) is 14.6. The summed E-state index contributed by atoms with van der Waals surface area (Å²) in [5.74, 6) is -0.429. The molecule has 1 aromatic carbocycles. The summed E-state index contributed by atoms with van der Waals surface area (Å²) in [6.07, 6.45) is -2.31. The Morgan fingerprint density at radius 1 is 1.53 bits per heavy atom. The lowest BCUT2D eigenvalue weighted by atomic mass is 10.1. The number of benzene rings is 1. The second-order valence-corrected chi connectivity index (χ2v) is 5.54. The number of thioether (sulfide) groups is 1. The zero-order valence-electron chi connectivity index (χ0n) is 9.06.